The summed E-state index contributed by atoms with van der Waals surface area (Å²) in [6, 6.07) is 4.98. The molecule has 27 heavy (non-hydrogen) atoms. The van der Waals surface area contributed by atoms with Gasteiger partial charge in [0.1, 0.15) is 6.33 Å². The molecule has 1 N–H and O–H groups in total. The number of aromatic nitrogens is 5. The molecule has 0 bridgehead atoms. The van der Waals surface area contributed by atoms with Crippen molar-refractivity contribution in [1.29, 1.82) is 0 Å². The van der Waals surface area contributed by atoms with Crippen LogP contribution in [0.4, 0.5) is 5.69 Å². The van der Waals surface area contributed by atoms with Gasteiger partial charge in [-0.2, -0.15) is 4.98 Å². The van der Waals surface area contributed by atoms with Gasteiger partial charge in [0.05, 0.1) is 9.82 Å². The van der Waals surface area contributed by atoms with Crippen LogP contribution in [0.1, 0.15) is 12.7 Å². The maximum atomic E-state index is 11.5. The first kappa shape index (κ1) is 20.8. The fourth-order valence-electron chi connectivity index (χ4n) is 2.17. The highest BCUT2D eigenvalue weighted by Gasteiger charge is 2.20. The smallest absolute Gasteiger partial charge is 0.284 e. The Bertz CT molecular complexity index is 930. The van der Waals surface area contributed by atoms with Crippen LogP contribution >= 0.6 is 24.2 Å². The van der Waals surface area contributed by atoms with Crippen molar-refractivity contribution >= 4 is 29.9 Å². The molecule has 12 heteroatoms. The maximum absolute atomic E-state index is 11.5. The number of nitro benzene ring substituents is 1. The molecule has 3 aromatic rings. The molecular formula is C15H18ClN7O3S. The SMILES string of the molecule is CNC(C)Cc1noc(-c2ccc(Sc3nncn3C)c([N+](=O)[O-])c2)n1.Cl. The minimum absolute atomic E-state index is 0. The average Bonchev–Trinajstić information content (AvgIpc) is 3.24. The molecule has 0 amide bonds. The predicted molar refractivity (Wildman–Crippen MR) is 101 cm³/mol. The highest BCUT2D eigenvalue weighted by molar-refractivity contribution is 7.99. The lowest BCUT2D eigenvalue weighted by Crippen LogP contribution is -2.24. The van der Waals surface area contributed by atoms with Crippen LogP contribution in [-0.4, -0.2) is 42.9 Å². The Hall–Kier alpha value is -2.50. The molecule has 0 saturated carbocycles. The van der Waals surface area contributed by atoms with Gasteiger partial charge in [0.15, 0.2) is 11.0 Å². The van der Waals surface area contributed by atoms with E-state index in [9.17, 15) is 10.1 Å². The van der Waals surface area contributed by atoms with E-state index in [2.05, 4.69) is 25.7 Å². The quantitative estimate of drug-likeness (QED) is 0.461. The van der Waals surface area contributed by atoms with Crippen LogP contribution in [0.5, 0.6) is 0 Å². The fraction of sp³-hybridized carbons (Fsp3) is 0.333. The summed E-state index contributed by atoms with van der Waals surface area (Å²) < 4.78 is 6.94. The Morgan fingerprint density at radius 3 is 2.85 bits per heavy atom. The van der Waals surface area contributed by atoms with Crippen molar-refractivity contribution in [2.75, 3.05) is 7.05 Å². The highest BCUT2D eigenvalue weighted by Crippen LogP contribution is 2.36. The van der Waals surface area contributed by atoms with Gasteiger partial charge in [-0.3, -0.25) is 10.1 Å². The zero-order chi connectivity index (χ0) is 18.7. The normalized spacial score (nSPS) is 11.8. The number of nitrogens with one attached hydrogen (secondary N) is 1. The van der Waals surface area contributed by atoms with Gasteiger partial charge >= 0.3 is 0 Å². The molecule has 0 aliphatic heterocycles. The summed E-state index contributed by atoms with van der Waals surface area (Å²) in [6.45, 7) is 2.00. The minimum Gasteiger partial charge on any atom is -0.334 e. The summed E-state index contributed by atoms with van der Waals surface area (Å²) >= 11 is 1.17. The third kappa shape index (κ3) is 4.81. The summed E-state index contributed by atoms with van der Waals surface area (Å²) in [5, 5.41) is 26.8. The van der Waals surface area contributed by atoms with Crippen molar-refractivity contribution in [3.63, 3.8) is 0 Å². The third-order valence-corrected chi connectivity index (χ3v) is 4.84. The van der Waals surface area contributed by atoms with Crippen LogP contribution in [0.3, 0.4) is 0 Å². The molecule has 0 spiro atoms. The molecule has 2 aromatic heterocycles. The van der Waals surface area contributed by atoms with E-state index in [-0.39, 0.29) is 30.0 Å². The maximum Gasteiger partial charge on any atom is 0.284 e. The number of halogens is 1. The van der Waals surface area contributed by atoms with E-state index in [0.717, 1.165) is 0 Å². The molecule has 0 saturated heterocycles. The standard InChI is InChI=1S/C15H17N7O3S.ClH/c1-9(16-2)6-13-18-14(25-20-13)10-4-5-12(11(7-10)22(23)24)26-15-19-17-8-21(15)3;/h4-5,7-9,16H,6H2,1-3H3;1H. The van der Waals surface area contributed by atoms with E-state index in [1.807, 2.05) is 14.0 Å². The first-order valence-corrected chi connectivity index (χ1v) is 8.60. The first-order chi connectivity index (χ1) is 12.5. The summed E-state index contributed by atoms with van der Waals surface area (Å²) in [4.78, 5) is 15.8. The van der Waals surface area contributed by atoms with Gasteiger partial charge in [-0.25, -0.2) is 0 Å². The summed E-state index contributed by atoms with van der Waals surface area (Å²) in [5.74, 6) is 0.795. The number of nitrogens with zero attached hydrogens (tertiary/aromatic N) is 6. The molecule has 0 aliphatic rings. The van der Waals surface area contributed by atoms with Crippen LogP contribution in [0, 0.1) is 10.1 Å². The molecule has 0 aliphatic carbocycles. The topological polar surface area (TPSA) is 125 Å². The van der Waals surface area contributed by atoms with E-state index in [0.29, 0.717) is 27.9 Å². The number of nitro groups is 1. The molecule has 144 valence electrons. The number of rotatable bonds is 7. The number of hydrogen-bond donors (Lipinski definition) is 1. The van der Waals surface area contributed by atoms with Crippen molar-refractivity contribution < 1.29 is 9.45 Å². The molecule has 0 fully saturated rings. The summed E-state index contributed by atoms with van der Waals surface area (Å²) in [6.07, 6.45) is 2.14. The number of aryl methyl sites for hydroxylation is 1. The molecule has 1 unspecified atom stereocenters. The highest BCUT2D eigenvalue weighted by atomic mass is 35.5. The van der Waals surface area contributed by atoms with Gasteiger partial charge in [0.2, 0.25) is 0 Å². The van der Waals surface area contributed by atoms with Crippen molar-refractivity contribution in [2.24, 2.45) is 7.05 Å². The van der Waals surface area contributed by atoms with E-state index in [4.69, 9.17) is 4.52 Å². The lowest BCUT2D eigenvalue weighted by atomic mass is 10.2. The van der Waals surface area contributed by atoms with Crippen molar-refractivity contribution in [2.45, 2.75) is 29.4 Å². The van der Waals surface area contributed by atoms with Crippen LogP contribution < -0.4 is 5.32 Å². The van der Waals surface area contributed by atoms with Gasteiger partial charge in [-0.15, -0.1) is 22.6 Å². The monoisotopic (exact) mass is 411 g/mol. The largest absolute Gasteiger partial charge is 0.334 e. The van der Waals surface area contributed by atoms with E-state index >= 15 is 0 Å². The van der Waals surface area contributed by atoms with Gasteiger partial charge in [0.25, 0.3) is 11.6 Å². The Morgan fingerprint density at radius 1 is 1.44 bits per heavy atom. The van der Waals surface area contributed by atoms with Crippen LogP contribution in [-0.2, 0) is 13.5 Å². The Balaban J connectivity index is 0.00000261. The number of likely N-dealkylation sites (N-methyl/N-ethyl adjacent to an activating group) is 1. The van der Waals surface area contributed by atoms with E-state index in [1.165, 1.54) is 24.2 Å². The second-order valence-electron chi connectivity index (χ2n) is 5.68. The van der Waals surface area contributed by atoms with Crippen LogP contribution in [0.15, 0.2) is 39.1 Å². The van der Waals surface area contributed by atoms with Gasteiger partial charge in [0, 0.05) is 31.1 Å². The molecule has 0 radical (unpaired) electrons. The summed E-state index contributed by atoms with van der Waals surface area (Å²) in [5.41, 5.74) is 0.439. The molecule has 3 rings (SSSR count). The third-order valence-electron chi connectivity index (χ3n) is 3.72. The lowest BCUT2D eigenvalue weighted by Gasteiger charge is -2.05. The van der Waals surface area contributed by atoms with E-state index in [1.54, 1.807) is 23.7 Å². The van der Waals surface area contributed by atoms with Crippen molar-refractivity contribution in [3.8, 4) is 11.5 Å². The Kier molecular flexibility index (Phi) is 6.88. The van der Waals surface area contributed by atoms with Crippen molar-refractivity contribution in [3.05, 3.63) is 40.5 Å². The molecule has 10 nitrogen and oxygen atoms in total. The van der Waals surface area contributed by atoms with Crippen LogP contribution in [0.25, 0.3) is 11.5 Å². The van der Waals surface area contributed by atoms with Crippen LogP contribution in [0.2, 0.25) is 0 Å². The average molecular weight is 412 g/mol. The molecule has 2 heterocycles. The second kappa shape index (κ2) is 8.93. The number of hydrogen-bond acceptors (Lipinski definition) is 9. The second-order valence-corrected chi connectivity index (χ2v) is 6.68. The Labute approximate surface area is 165 Å². The Morgan fingerprint density at radius 2 is 2.22 bits per heavy atom. The summed E-state index contributed by atoms with van der Waals surface area (Å²) in [7, 11) is 3.62. The van der Waals surface area contributed by atoms with E-state index < -0.39 is 4.92 Å². The zero-order valence-electron chi connectivity index (χ0n) is 14.8. The fourth-order valence-corrected chi connectivity index (χ4v) is 3.02. The van der Waals surface area contributed by atoms with Crippen molar-refractivity contribution in [1.82, 2.24) is 30.2 Å². The van der Waals surface area contributed by atoms with Gasteiger partial charge in [-0.05, 0) is 37.9 Å². The molecule has 1 atom stereocenters. The molecule has 1 aromatic carbocycles. The first-order valence-electron chi connectivity index (χ1n) is 7.78. The minimum atomic E-state index is -0.442. The predicted octanol–water partition coefficient (Wildman–Crippen LogP) is 2.50. The van der Waals surface area contributed by atoms with Gasteiger partial charge < -0.3 is 14.4 Å². The lowest BCUT2D eigenvalue weighted by molar-refractivity contribution is -0.387. The molecular weight excluding hydrogens is 394 g/mol. The van der Waals surface area contributed by atoms with Gasteiger partial charge in [-0.1, -0.05) is 5.16 Å². The zero-order valence-corrected chi connectivity index (χ0v) is 16.5. The number of benzene rings is 1.